The molecule has 0 amide bonds. The van der Waals surface area contributed by atoms with Gasteiger partial charge in [0.15, 0.2) is 0 Å². The summed E-state index contributed by atoms with van der Waals surface area (Å²) in [6.45, 7) is 0. The molecule has 0 aromatic rings. The van der Waals surface area contributed by atoms with E-state index in [-0.39, 0.29) is 13.5 Å². The molecular formula is C3H9AsS. The van der Waals surface area contributed by atoms with Crippen LogP contribution in [0.2, 0.25) is 11.4 Å². The Morgan fingerprint density at radius 3 is 1.60 bits per heavy atom. The number of rotatable bonds is 1. The molecule has 0 aliphatic rings. The minimum atomic E-state index is -0.285. The molecule has 0 saturated heterocycles. The molecule has 0 aliphatic heterocycles. The summed E-state index contributed by atoms with van der Waals surface area (Å²) in [6, 6.07) is 0. The van der Waals surface area contributed by atoms with Crippen molar-refractivity contribution >= 4 is 23.5 Å². The molecule has 0 aromatic heterocycles. The van der Waals surface area contributed by atoms with Gasteiger partial charge in [-0.3, -0.25) is 0 Å². The second kappa shape index (κ2) is 3.11. The van der Waals surface area contributed by atoms with Gasteiger partial charge in [0.1, 0.15) is 0 Å². The summed E-state index contributed by atoms with van der Waals surface area (Å²) in [5.74, 6) is 0. The maximum atomic E-state index is 2.33. The first-order chi connectivity index (χ1) is 2.27. The number of hydrogen-bond acceptors (Lipinski definition) is 1. The predicted octanol–water partition coefficient (Wildman–Crippen LogP) is 1.60. The zero-order valence-corrected chi connectivity index (χ0v) is 6.55. The molecule has 0 atom stereocenters. The Bertz CT molecular complexity index is 20.9. The van der Waals surface area contributed by atoms with E-state index < -0.39 is 0 Å². The summed E-state index contributed by atoms with van der Waals surface area (Å²) < 4.78 is 0. The molecule has 0 unspecified atom stereocenters. The molecule has 0 spiro atoms. The Morgan fingerprint density at radius 2 is 1.60 bits per heavy atom. The third-order valence-electron chi connectivity index (χ3n) is 0.365. The van der Waals surface area contributed by atoms with Crippen molar-refractivity contribution in [3.63, 3.8) is 0 Å². The summed E-state index contributed by atoms with van der Waals surface area (Å²) in [5, 5.41) is 0. The van der Waals surface area contributed by atoms with Gasteiger partial charge in [0.25, 0.3) is 0 Å². The quantitative estimate of drug-likeness (QED) is 0.514. The molecule has 0 bridgehead atoms. The summed E-state index contributed by atoms with van der Waals surface area (Å²) in [7, 11) is 2.03. The van der Waals surface area contributed by atoms with Gasteiger partial charge in [-0.05, 0) is 0 Å². The van der Waals surface area contributed by atoms with Gasteiger partial charge in [0.2, 0.25) is 0 Å². The standard InChI is InChI=1S/C3H9AsS/c1-4(2)5-3/h1-3H3. The molecule has 0 fully saturated rings. The van der Waals surface area contributed by atoms with Crippen LogP contribution in [0.1, 0.15) is 0 Å². The van der Waals surface area contributed by atoms with Crippen molar-refractivity contribution in [2.24, 2.45) is 0 Å². The van der Waals surface area contributed by atoms with Gasteiger partial charge in [0, 0.05) is 0 Å². The van der Waals surface area contributed by atoms with E-state index in [2.05, 4.69) is 17.7 Å². The summed E-state index contributed by atoms with van der Waals surface area (Å²) in [4.78, 5) is 0. The van der Waals surface area contributed by atoms with E-state index in [1.54, 1.807) is 0 Å². The van der Waals surface area contributed by atoms with Gasteiger partial charge < -0.3 is 0 Å². The Morgan fingerprint density at radius 1 is 1.40 bits per heavy atom. The van der Waals surface area contributed by atoms with Crippen LogP contribution in [-0.2, 0) is 0 Å². The molecule has 0 nitrogen and oxygen atoms in total. The summed E-state index contributed by atoms with van der Waals surface area (Å²) in [5.41, 5.74) is 4.66. The Labute approximate surface area is 41.6 Å². The predicted molar refractivity (Wildman–Crippen MR) is 31.0 cm³/mol. The average Bonchev–Trinajstić information content (AvgIpc) is 1.38. The summed E-state index contributed by atoms with van der Waals surface area (Å²) in [6.07, 6.45) is 2.18. The topological polar surface area (TPSA) is 0 Å². The van der Waals surface area contributed by atoms with Gasteiger partial charge in [-0.1, -0.05) is 0 Å². The fourth-order valence-corrected chi connectivity index (χ4v) is 0. The van der Waals surface area contributed by atoms with Crippen LogP contribution in [0, 0.1) is 0 Å². The third-order valence-corrected chi connectivity index (χ3v) is 5.69. The summed E-state index contributed by atoms with van der Waals surface area (Å²) >= 11 is -0.285. The zero-order chi connectivity index (χ0) is 4.28. The molecule has 5 heavy (non-hydrogen) atoms. The molecule has 0 N–H and O–H groups in total. The van der Waals surface area contributed by atoms with E-state index in [0.717, 1.165) is 0 Å². The third kappa shape index (κ3) is 4.91. The van der Waals surface area contributed by atoms with Gasteiger partial charge in [0.05, 0.1) is 0 Å². The first-order valence-corrected chi connectivity index (χ1v) is 8.72. The van der Waals surface area contributed by atoms with Crippen molar-refractivity contribution in [1.29, 1.82) is 0 Å². The van der Waals surface area contributed by atoms with Crippen LogP contribution < -0.4 is 0 Å². The van der Waals surface area contributed by atoms with Gasteiger partial charge in [-0.2, -0.15) is 0 Å². The molecular weight excluding hydrogens is 143 g/mol. The second-order valence-corrected chi connectivity index (χ2v) is 10.9. The van der Waals surface area contributed by atoms with E-state index in [4.69, 9.17) is 0 Å². The van der Waals surface area contributed by atoms with Gasteiger partial charge >= 0.3 is 41.2 Å². The normalized spacial score (nSPS) is 9.60. The van der Waals surface area contributed by atoms with Crippen LogP contribution in [0.4, 0.5) is 0 Å². The second-order valence-electron chi connectivity index (χ2n) is 0.995. The van der Waals surface area contributed by atoms with Crippen LogP contribution >= 0.6 is 10.0 Å². The Kier molecular flexibility index (Phi) is 3.68. The minimum absolute atomic E-state index is 0.285. The van der Waals surface area contributed by atoms with Crippen LogP contribution in [0.3, 0.4) is 0 Å². The first-order valence-electron chi connectivity index (χ1n) is 1.49. The van der Waals surface area contributed by atoms with Crippen molar-refractivity contribution in [3.05, 3.63) is 0 Å². The molecule has 0 heterocycles. The fraction of sp³-hybridized carbons (Fsp3) is 1.00. The Hall–Kier alpha value is 0.908. The fourth-order valence-electron chi connectivity index (χ4n) is 0. The first kappa shape index (κ1) is 5.91. The van der Waals surface area contributed by atoms with E-state index in [1.165, 1.54) is 0 Å². The van der Waals surface area contributed by atoms with Crippen molar-refractivity contribution < 1.29 is 0 Å². The van der Waals surface area contributed by atoms with E-state index in [0.29, 0.717) is 0 Å². The monoisotopic (exact) mass is 152 g/mol. The van der Waals surface area contributed by atoms with E-state index in [9.17, 15) is 0 Å². The van der Waals surface area contributed by atoms with Crippen molar-refractivity contribution in [2.75, 3.05) is 6.26 Å². The van der Waals surface area contributed by atoms with Gasteiger partial charge in [-0.25, -0.2) is 0 Å². The van der Waals surface area contributed by atoms with Crippen molar-refractivity contribution in [1.82, 2.24) is 0 Å². The van der Waals surface area contributed by atoms with E-state index >= 15 is 0 Å². The number of hydrogen-bond donors (Lipinski definition) is 0. The van der Waals surface area contributed by atoms with Crippen LogP contribution in [0.25, 0.3) is 0 Å². The molecule has 2 heteroatoms. The molecule has 0 aliphatic carbocycles. The molecule has 0 aromatic carbocycles. The van der Waals surface area contributed by atoms with Crippen LogP contribution in [0.15, 0.2) is 0 Å². The van der Waals surface area contributed by atoms with E-state index in [1.807, 2.05) is 10.0 Å². The van der Waals surface area contributed by atoms with Gasteiger partial charge in [-0.15, -0.1) is 0 Å². The average molecular weight is 152 g/mol. The zero-order valence-electron chi connectivity index (χ0n) is 3.86. The van der Waals surface area contributed by atoms with Crippen molar-refractivity contribution in [3.8, 4) is 0 Å². The van der Waals surface area contributed by atoms with Crippen LogP contribution in [-0.4, -0.2) is 19.8 Å². The molecule has 0 saturated carbocycles. The van der Waals surface area contributed by atoms with Crippen molar-refractivity contribution in [2.45, 2.75) is 11.4 Å². The maximum absolute atomic E-state index is 2.33. The Balaban J connectivity index is 2.54. The molecule has 0 rings (SSSR count). The SMILES string of the molecule is CS[As](C)C. The molecule has 0 radical (unpaired) electrons. The van der Waals surface area contributed by atoms with Crippen LogP contribution in [0.5, 0.6) is 0 Å². The molecule has 32 valence electrons.